The van der Waals surface area contributed by atoms with Gasteiger partial charge < -0.3 is 9.47 Å². The molecule has 7 nitrogen and oxygen atoms in total. The Balaban J connectivity index is 2.53. The van der Waals surface area contributed by atoms with Crippen molar-refractivity contribution >= 4 is 41.2 Å². The average Bonchev–Trinajstić information content (AvgIpc) is 2.39. The highest BCUT2D eigenvalue weighted by Crippen LogP contribution is 2.17. The van der Waals surface area contributed by atoms with Gasteiger partial charge in [-0.25, -0.2) is 14.6 Å². The Morgan fingerprint density at radius 2 is 1.95 bits per heavy atom. The van der Waals surface area contributed by atoms with E-state index >= 15 is 0 Å². The molecular formula is C11H10Cl2N2O5. The van der Waals surface area contributed by atoms with Gasteiger partial charge in [0.15, 0.2) is 12.3 Å². The number of pyridine rings is 1. The molecule has 0 saturated heterocycles. The number of carbonyl (C=O) groups excluding carboxylic acids is 3. The van der Waals surface area contributed by atoms with E-state index in [1.54, 1.807) is 6.92 Å². The van der Waals surface area contributed by atoms with Gasteiger partial charge in [-0.1, -0.05) is 23.2 Å². The Bertz CT molecular complexity index is 536. The van der Waals surface area contributed by atoms with Crippen LogP contribution in [0.1, 0.15) is 17.4 Å². The summed E-state index contributed by atoms with van der Waals surface area (Å²) in [4.78, 5) is 37.5. The first-order valence-electron chi connectivity index (χ1n) is 5.39. The Labute approximate surface area is 124 Å². The maximum absolute atomic E-state index is 11.6. The van der Waals surface area contributed by atoms with Crippen molar-refractivity contribution in [3.8, 4) is 0 Å². The van der Waals surface area contributed by atoms with E-state index in [2.05, 4.69) is 14.5 Å². The summed E-state index contributed by atoms with van der Waals surface area (Å²) in [7, 11) is 0. The van der Waals surface area contributed by atoms with E-state index in [1.165, 1.54) is 12.1 Å². The van der Waals surface area contributed by atoms with Crippen molar-refractivity contribution in [2.24, 2.45) is 0 Å². The molecular weight excluding hydrogens is 311 g/mol. The van der Waals surface area contributed by atoms with Gasteiger partial charge in [-0.3, -0.25) is 10.1 Å². The number of carbonyl (C=O) groups is 3. The summed E-state index contributed by atoms with van der Waals surface area (Å²) in [6, 6.07) is 2.76. The van der Waals surface area contributed by atoms with Crippen LogP contribution in [0.4, 0.5) is 4.79 Å². The Hall–Kier alpha value is -1.86. The van der Waals surface area contributed by atoms with E-state index in [1.807, 2.05) is 5.32 Å². The van der Waals surface area contributed by atoms with Gasteiger partial charge in [0.05, 0.1) is 11.6 Å². The lowest BCUT2D eigenvalue weighted by molar-refractivity contribution is -0.123. The van der Waals surface area contributed by atoms with Gasteiger partial charge in [-0.2, -0.15) is 0 Å². The van der Waals surface area contributed by atoms with Crippen LogP contribution in [0.25, 0.3) is 0 Å². The number of aromatic nitrogens is 1. The first-order valence-corrected chi connectivity index (χ1v) is 6.15. The lowest BCUT2D eigenvalue weighted by Gasteiger charge is -2.06. The number of hydrogen-bond donors (Lipinski definition) is 1. The summed E-state index contributed by atoms with van der Waals surface area (Å²) >= 11 is 11.3. The zero-order chi connectivity index (χ0) is 15.1. The van der Waals surface area contributed by atoms with E-state index in [0.29, 0.717) is 0 Å². The molecule has 1 N–H and O–H groups in total. The summed E-state index contributed by atoms with van der Waals surface area (Å²) in [5.41, 5.74) is -0.219. The molecule has 0 atom stereocenters. The fourth-order valence-corrected chi connectivity index (χ4v) is 1.41. The summed E-state index contributed by atoms with van der Waals surface area (Å²) < 4.78 is 9.12. The largest absolute Gasteiger partial charge is 0.451 e. The van der Waals surface area contributed by atoms with E-state index in [9.17, 15) is 14.4 Å². The molecule has 9 heteroatoms. The minimum absolute atomic E-state index is 0.0326. The van der Waals surface area contributed by atoms with Gasteiger partial charge in [-0.05, 0) is 19.1 Å². The van der Waals surface area contributed by atoms with Crippen molar-refractivity contribution in [3.63, 3.8) is 0 Å². The molecule has 2 amide bonds. The van der Waals surface area contributed by atoms with Gasteiger partial charge in [0.25, 0.3) is 5.91 Å². The molecule has 0 radical (unpaired) electrons. The van der Waals surface area contributed by atoms with Crippen LogP contribution in [0.15, 0.2) is 12.1 Å². The SMILES string of the molecule is CCOC(=O)NC(=O)COC(=O)c1nc(Cl)ccc1Cl. The van der Waals surface area contributed by atoms with Crippen molar-refractivity contribution in [2.75, 3.05) is 13.2 Å². The van der Waals surface area contributed by atoms with Crippen molar-refractivity contribution in [3.05, 3.63) is 28.0 Å². The van der Waals surface area contributed by atoms with Crippen LogP contribution >= 0.6 is 23.2 Å². The molecule has 20 heavy (non-hydrogen) atoms. The minimum Gasteiger partial charge on any atom is -0.451 e. The number of ether oxygens (including phenoxy) is 2. The number of nitrogens with zero attached hydrogens (tertiary/aromatic N) is 1. The number of halogens is 2. The Morgan fingerprint density at radius 1 is 1.25 bits per heavy atom. The summed E-state index contributed by atoms with van der Waals surface area (Å²) in [5.74, 6) is -1.77. The smallest absolute Gasteiger partial charge is 0.413 e. The van der Waals surface area contributed by atoms with Crippen molar-refractivity contribution in [1.82, 2.24) is 10.3 Å². The number of esters is 1. The molecule has 1 heterocycles. The minimum atomic E-state index is -0.934. The third-order valence-corrected chi connectivity index (χ3v) is 2.37. The van der Waals surface area contributed by atoms with Gasteiger partial charge in [-0.15, -0.1) is 0 Å². The molecule has 1 rings (SSSR count). The van der Waals surface area contributed by atoms with Crippen LogP contribution in [-0.4, -0.2) is 36.2 Å². The maximum atomic E-state index is 11.6. The zero-order valence-electron chi connectivity index (χ0n) is 10.3. The monoisotopic (exact) mass is 320 g/mol. The van der Waals surface area contributed by atoms with Crippen LogP contribution in [0, 0.1) is 0 Å². The zero-order valence-corrected chi connectivity index (χ0v) is 11.8. The number of rotatable bonds is 4. The van der Waals surface area contributed by atoms with E-state index in [-0.39, 0.29) is 22.5 Å². The quantitative estimate of drug-likeness (QED) is 0.671. The molecule has 0 aliphatic rings. The van der Waals surface area contributed by atoms with Crippen LogP contribution < -0.4 is 5.32 Å². The molecule has 1 aromatic rings. The fourth-order valence-electron chi connectivity index (χ4n) is 1.08. The number of alkyl carbamates (subject to hydrolysis) is 1. The predicted molar refractivity (Wildman–Crippen MR) is 69.7 cm³/mol. The van der Waals surface area contributed by atoms with Crippen LogP contribution in [0.2, 0.25) is 10.2 Å². The molecule has 0 aliphatic heterocycles. The number of nitrogens with one attached hydrogen (secondary N) is 1. The van der Waals surface area contributed by atoms with E-state index < -0.39 is 24.6 Å². The topological polar surface area (TPSA) is 94.6 Å². The molecule has 0 saturated carbocycles. The van der Waals surface area contributed by atoms with Crippen LogP contribution in [0.3, 0.4) is 0 Å². The second kappa shape index (κ2) is 7.66. The predicted octanol–water partition coefficient (Wildman–Crippen LogP) is 1.82. The van der Waals surface area contributed by atoms with Crippen LogP contribution in [0.5, 0.6) is 0 Å². The molecule has 108 valence electrons. The molecule has 0 aliphatic carbocycles. The highest BCUT2D eigenvalue weighted by molar-refractivity contribution is 6.34. The first kappa shape index (κ1) is 16.2. The maximum Gasteiger partial charge on any atom is 0.413 e. The van der Waals surface area contributed by atoms with Gasteiger partial charge in [0.1, 0.15) is 5.15 Å². The first-order chi connectivity index (χ1) is 9.43. The van der Waals surface area contributed by atoms with Crippen LogP contribution in [-0.2, 0) is 14.3 Å². The van der Waals surface area contributed by atoms with Gasteiger partial charge in [0, 0.05) is 0 Å². The van der Waals surface area contributed by atoms with Crippen molar-refractivity contribution in [1.29, 1.82) is 0 Å². The summed E-state index contributed by atoms with van der Waals surface area (Å²) in [5, 5.41) is 1.94. The lowest BCUT2D eigenvalue weighted by Crippen LogP contribution is -2.34. The summed E-state index contributed by atoms with van der Waals surface area (Å²) in [6.45, 7) is 1.01. The highest BCUT2D eigenvalue weighted by Gasteiger charge is 2.17. The second-order valence-electron chi connectivity index (χ2n) is 3.31. The van der Waals surface area contributed by atoms with Crippen molar-refractivity contribution < 1.29 is 23.9 Å². The molecule has 0 bridgehead atoms. The molecule has 0 aromatic carbocycles. The lowest BCUT2D eigenvalue weighted by atomic mass is 10.3. The second-order valence-corrected chi connectivity index (χ2v) is 4.10. The van der Waals surface area contributed by atoms with E-state index in [4.69, 9.17) is 23.2 Å². The Morgan fingerprint density at radius 3 is 2.60 bits per heavy atom. The van der Waals surface area contributed by atoms with Gasteiger partial charge in [0.2, 0.25) is 0 Å². The molecule has 0 fully saturated rings. The Kier molecular flexibility index (Phi) is 6.20. The third kappa shape index (κ3) is 5.02. The summed E-state index contributed by atoms with van der Waals surface area (Å²) in [6.07, 6.45) is -0.924. The molecule has 0 unspecified atom stereocenters. The number of amides is 2. The van der Waals surface area contributed by atoms with Gasteiger partial charge >= 0.3 is 12.1 Å². The normalized spacial score (nSPS) is 9.75. The third-order valence-electron chi connectivity index (χ3n) is 1.86. The number of hydrogen-bond acceptors (Lipinski definition) is 6. The fraction of sp³-hybridized carbons (Fsp3) is 0.273. The van der Waals surface area contributed by atoms with Crippen molar-refractivity contribution in [2.45, 2.75) is 6.92 Å². The molecule has 1 aromatic heterocycles. The van der Waals surface area contributed by atoms with E-state index in [0.717, 1.165) is 0 Å². The molecule has 0 spiro atoms. The highest BCUT2D eigenvalue weighted by atomic mass is 35.5. The standard InChI is InChI=1S/C11H10Cl2N2O5/c1-2-19-11(18)15-8(16)5-20-10(17)9-6(12)3-4-7(13)14-9/h3-4H,2,5H2,1H3,(H,15,16,18). The number of imide groups is 1. The average molecular weight is 321 g/mol.